The van der Waals surface area contributed by atoms with Crippen molar-refractivity contribution in [2.75, 3.05) is 0 Å². The highest BCUT2D eigenvalue weighted by Gasteiger charge is 2.28. The zero-order chi connectivity index (χ0) is 19.7. The van der Waals surface area contributed by atoms with E-state index >= 15 is 0 Å². The predicted molar refractivity (Wildman–Crippen MR) is 110 cm³/mol. The van der Waals surface area contributed by atoms with Gasteiger partial charge in [-0.1, -0.05) is 45.8 Å². The van der Waals surface area contributed by atoms with E-state index in [-0.39, 0.29) is 11.5 Å². The topological polar surface area (TPSA) is 52.6 Å². The number of ether oxygens (including phenoxy) is 2. The van der Waals surface area contributed by atoms with Crippen molar-refractivity contribution in [2.45, 2.75) is 6.92 Å². The minimum Gasteiger partial charge on any atom is -0.452 e. The minimum atomic E-state index is -0.464. The molecule has 28 heavy (non-hydrogen) atoms. The van der Waals surface area contributed by atoms with E-state index in [0.717, 1.165) is 15.6 Å². The zero-order valence-electron chi connectivity index (χ0n) is 14.9. The van der Waals surface area contributed by atoms with Gasteiger partial charge in [0.25, 0.3) is 0 Å². The minimum absolute atomic E-state index is 0.202. The highest BCUT2D eigenvalue weighted by atomic mass is 79.9. The number of carbonyl (C=O) groups excluding carboxylic acids is 2. The van der Waals surface area contributed by atoms with Crippen molar-refractivity contribution < 1.29 is 19.1 Å². The molecular weight excluding hydrogens is 420 g/mol. The van der Waals surface area contributed by atoms with Crippen LogP contribution in [0.2, 0.25) is 0 Å². The Morgan fingerprint density at radius 3 is 2.57 bits per heavy atom. The van der Waals surface area contributed by atoms with E-state index in [2.05, 4.69) is 15.9 Å². The summed E-state index contributed by atoms with van der Waals surface area (Å²) < 4.78 is 12.0. The van der Waals surface area contributed by atoms with Gasteiger partial charge in [0, 0.05) is 10.5 Å². The van der Waals surface area contributed by atoms with Crippen LogP contribution >= 0.6 is 15.9 Å². The van der Waals surface area contributed by atoms with Crippen LogP contribution < -0.4 is 9.47 Å². The fourth-order valence-corrected chi connectivity index (χ4v) is 3.25. The molecule has 1 aliphatic heterocycles. The molecule has 3 aromatic rings. The first-order chi connectivity index (χ1) is 13.5. The number of Topliss-reactive ketones (excluding diaryl/α,β-unsaturated/α-hetero) is 1. The monoisotopic (exact) mass is 434 g/mol. The van der Waals surface area contributed by atoms with Crippen molar-refractivity contribution in [3.8, 4) is 11.5 Å². The van der Waals surface area contributed by atoms with E-state index in [1.54, 1.807) is 36.4 Å². The number of ketones is 1. The first-order valence-electron chi connectivity index (χ1n) is 8.62. The number of esters is 1. The van der Waals surface area contributed by atoms with Crippen LogP contribution in [0.3, 0.4) is 0 Å². The summed E-state index contributed by atoms with van der Waals surface area (Å²) in [5.41, 5.74) is 2.80. The van der Waals surface area contributed by atoms with Crippen molar-refractivity contribution in [2.24, 2.45) is 0 Å². The van der Waals surface area contributed by atoms with Gasteiger partial charge < -0.3 is 9.47 Å². The second-order valence-corrected chi connectivity index (χ2v) is 7.32. The van der Waals surface area contributed by atoms with Gasteiger partial charge in [-0.3, -0.25) is 4.79 Å². The van der Waals surface area contributed by atoms with Crippen LogP contribution in [0.1, 0.15) is 31.8 Å². The van der Waals surface area contributed by atoms with E-state index in [1.807, 2.05) is 43.3 Å². The average Bonchev–Trinajstić information content (AvgIpc) is 2.97. The quantitative estimate of drug-likeness (QED) is 0.306. The normalized spacial score (nSPS) is 13.9. The molecule has 0 saturated carbocycles. The molecule has 0 N–H and O–H groups in total. The molecule has 0 saturated heterocycles. The molecule has 5 heteroatoms. The van der Waals surface area contributed by atoms with E-state index in [9.17, 15) is 9.59 Å². The summed E-state index contributed by atoms with van der Waals surface area (Å²) in [5, 5.41) is 0. The Labute approximate surface area is 170 Å². The molecule has 0 unspecified atom stereocenters. The fourth-order valence-electron chi connectivity index (χ4n) is 2.83. The molecule has 0 atom stereocenters. The molecular formula is C23H15BrO4. The lowest BCUT2D eigenvalue weighted by Gasteiger charge is -2.06. The molecule has 0 aromatic heterocycles. The van der Waals surface area contributed by atoms with Crippen molar-refractivity contribution in [3.63, 3.8) is 0 Å². The second kappa shape index (κ2) is 7.44. The first-order valence-corrected chi connectivity index (χ1v) is 9.41. The van der Waals surface area contributed by atoms with Gasteiger partial charge in [-0.25, -0.2) is 4.79 Å². The molecule has 0 aliphatic carbocycles. The van der Waals surface area contributed by atoms with Gasteiger partial charge in [-0.15, -0.1) is 0 Å². The third kappa shape index (κ3) is 3.75. The lowest BCUT2D eigenvalue weighted by molar-refractivity contribution is 0.0734. The Morgan fingerprint density at radius 2 is 1.82 bits per heavy atom. The summed E-state index contributed by atoms with van der Waals surface area (Å²) in [6.45, 7) is 1.95. The van der Waals surface area contributed by atoms with Crippen LogP contribution in [-0.4, -0.2) is 11.8 Å². The number of hydrogen-bond donors (Lipinski definition) is 0. The Bertz CT molecular complexity index is 1110. The number of halogens is 1. The summed E-state index contributed by atoms with van der Waals surface area (Å²) >= 11 is 3.41. The number of hydrogen-bond acceptors (Lipinski definition) is 4. The lowest BCUT2D eigenvalue weighted by atomic mass is 10.1. The summed E-state index contributed by atoms with van der Waals surface area (Å²) in [7, 11) is 0. The molecule has 138 valence electrons. The van der Waals surface area contributed by atoms with Gasteiger partial charge in [-0.2, -0.15) is 0 Å². The molecule has 1 aliphatic rings. The van der Waals surface area contributed by atoms with Gasteiger partial charge in [0.05, 0.1) is 11.1 Å². The summed E-state index contributed by atoms with van der Waals surface area (Å²) in [6, 6.07) is 19.4. The number of fused-ring (bicyclic) bond motifs is 1. The summed E-state index contributed by atoms with van der Waals surface area (Å²) in [4.78, 5) is 24.8. The van der Waals surface area contributed by atoms with Crippen molar-refractivity contribution in [1.82, 2.24) is 0 Å². The molecule has 0 fully saturated rings. The standard InChI is InChI=1S/C23H15BrO4/c1-14-5-7-16(8-6-14)23(26)27-18-9-10-19-20(13-18)28-21(22(19)25)12-15-3-2-4-17(24)11-15/h2-13H,1H3/b21-12-. The smallest absolute Gasteiger partial charge is 0.343 e. The molecule has 0 spiro atoms. The van der Waals surface area contributed by atoms with E-state index in [4.69, 9.17) is 9.47 Å². The Morgan fingerprint density at radius 1 is 1.04 bits per heavy atom. The maximum atomic E-state index is 12.6. The van der Waals surface area contributed by atoms with Gasteiger partial charge in [0.1, 0.15) is 11.5 Å². The second-order valence-electron chi connectivity index (χ2n) is 6.41. The van der Waals surface area contributed by atoms with Gasteiger partial charge in [0.2, 0.25) is 5.78 Å². The highest BCUT2D eigenvalue weighted by Crippen LogP contribution is 2.35. The van der Waals surface area contributed by atoms with Crippen LogP contribution in [-0.2, 0) is 0 Å². The number of aryl methyl sites for hydroxylation is 1. The zero-order valence-corrected chi connectivity index (χ0v) is 16.5. The number of carbonyl (C=O) groups is 2. The van der Waals surface area contributed by atoms with E-state index < -0.39 is 5.97 Å². The molecule has 0 bridgehead atoms. The van der Waals surface area contributed by atoms with Crippen molar-refractivity contribution in [3.05, 3.63) is 99.2 Å². The van der Waals surface area contributed by atoms with Crippen LogP contribution in [0, 0.1) is 6.92 Å². The SMILES string of the molecule is Cc1ccc(C(=O)Oc2ccc3c(c2)O/C(=C\c2cccc(Br)c2)C3=O)cc1. The first kappa shape index (κ1) is 18.2. The number of allylic oxidation sites excluding steroid dienone is 1. The van der Waals surface area contributed by atoms with Gasteiger partial charge >= 0.3 is 5.97 Å². The third-order valence-electron chi connectivity index (χ3n) is 4.29. The Kier molecular flexibility index (Phi) is 4.84. The molecule has 1 heterocycles. The van der Waals surface area contributed by atoms with Crippen LogP contribution in [0.25, 0.3) is 6.08 Å². The van der Waals surface area contributed by atoms with Crippen molar-refractivity contribution in [1.29, 1.82) is 0 Å². The molecule has 4 nitrogen and oxygen atoms in total. The maximum Gasteiger partial charge on any atom is 0.343 e. The Hall–Kier alpha value is -3.18. The van der Waals surface area contributed by atoms with E-state index in [0.29, 0.717) is 22.6 Å². The number of rotatable bonds is 3. The summed E-state index contributed by atoms with van der Waals surface area (Å²) in [5.74, 6) is 0.261. The number of benzene rings is 3. The lowest BCUT2D eigenvalue weighted by Crippen LogP contribution is -2.08. The van der Waals surface area contributed by atoms with Crippen LogP contribution in [0.15, 0.2) is 77.0 Å². The maximum absolute atomic E-state index is 12.6. The average molecular weight is 435 g/mol. The van der Waals surface area contributed by atoms with Crippen molar-refractivity contribution >= 4 is 33.8 Å². The largest absolute Gasteiger partial charge is 0.452 e. The van der Waals surface area contributed by atoms with Gasteiger partial charge in [-0.05, 0) is 55.0 Å². The highest BCUT2D eigenvalue weighted by molar-refractivity contribution is 9.10. The Balaban J connectivity index is 1.55. The molecule has 0 amide bonds. The van der Waals surface area contributed by atoms with E-state index in [1.165, 1.54) is 0 Å². The third-order valence-corrected chi connectivity index (χ3v) is 4.78. The molecule has 0 radical (unpaired) electrons. The fraction of sp³-hybridized carbons (Fsp3) is 0.0435. The predicted octanol–water partition coefficient (Wildman–Crippen LogP) is 5.59. The van der Waals surface area contributed by atoms with Gasteiger partial charge in [0.15, 0.2) is 5.76 Å². The van der Waals surface area contributed by atoms with Crippen LogP contribution in [0.5, 0.6) is 11.5 Å². The summed E-state index contributed by atoms with van der Waals surface area (Å²) in [6.07, 6.45) is 1.69. The molecule has 4 rings (SSSR count). The molecule has 3 aromatic carbocycles. The van der Waals surface area contributed by atoms with Crippen LogP contribution in [0.4, 0.5) is 0 Å².